The highest BCUT2D eigenvalue weighted by Gasteiger charge is 2.21. The number of benzene rings is 2. The van der Waals surface area contributed by atoms with Crippen LogP contribution in [0.1, 0.15) is 45.3 Å². The van der Waals surface area contributed by atoms with E-state index in [0.29, 0.717) is 67.4 Å². The molecule has 12 nitrogen and oxygen atoms in total. The number of hydrogen-bond acceptors (Lipinski definition) is 16. The van der Waals surface area contributed by atoms with Crippen molar-refractivity contribution in [2.24, 2.45) is 0 Å². The van der Waals surface area contributed by atoms with Crippen LogP contribution < -0.4 is 0 Å². The number of aromatic amines is 2. The van der Waals surface area contributed by atoms with Crippen LogP contribution in [0.3, 0.4) is 0 Å². The monoisotopic (exact) mass is 1140 g/mol. The van der Waals surface area contributed by atoms with E-state index in [-0.39, 0.29) is 11.5 Å². The van der Waals surface area contributed by atoms with Crippen molar-refractivity contribution in [3.63, 3.8) is 0 Å². The smallest absolute Gasteiger partial charge is 0.142 e. The van der Waals surface area contributed by atoms with Gasteiger partial charge in [-0.25, -0.2) is 19.9 Å². The lowest BCUT2D eigenvalue weighted by Crippen LogP contribution is -1.91. The molecule has 0 radical (unpaired) electrons. The Bertz CT molecular complexity index is 4680. The quantitative estimate of drug-likeness (QED) is 0.117. The summed E-state index contributed by atoms with van der Waals surface area (Å²) in [6.45, 7) is 0. The van der Waals surface area contributed by atoms with Gasteiger partial charge in [-0.2, -0.15) is 17.5 Å². The topological polar surface area (TPSA) is 175 Å². The fraction of sp³-hybridized carbons (Fsp3) is 0. The van der Waals surface area contributed by atoms with E-state index in [1.807, 2.05) is 85.2 Å². The highest BCUT2D eigenvalue weighted by Crippen LogP contribution is 2.42. The third-order valence-electron chi connectivity index (χ3n) is 13.5. The Labute approximate surface area is 478 Å². The molecule has 0 spiro atoms. The van der Waals surface area contributed by atoms with E-state index in [1.54, 1.807) is 69.6 Å². The van der Waals surface area contributed by atoms with Gasteiger partial charge in [0.15, 0.2) is 0 Å². The number of nitrogens with one attached hydrogen (secondary N) is 2. The van der Waals surface area contributed by atoms with Crippen LogP contribution in [-0.2, 0) is 0 Å². The van der Waals surface area contributed by atoms with Crippen LogP contribution in [0.2, 0.25) is 0 Å². The first-order valence-electron chi connectivity index (χ1n) is 24.7. The molecule has 11 aromatic heterocycles. The first-order chi connectivity index (χ1) is 39.4. The second-order valence-corrected chi connectivity index (χ2v) is 23.5. The number of phenols is 2. The summed E-state index contributed by atoms with van der Waals surface area (Å²) in [5.74, 6) is 14.0. The zero-order valence-corrected chi connectivity index (χ0v) is 46.0. The molecule has 0 atom stereocenters. The fourth-order valence-electron chi connectivity index (χ4n) is 9.73. The predicted molar refractivity (Wildman–Crippen MR) is 329 cm³/mol. The van der Waals surface area contributed by atoms with Gasteiger partial charge in [-0.05, 0) is 143 Å². The molecule has 0 fully saturated rings. The molecule has 378 valence electrons. The minimum atomic E-state index is 0.140. The number of phenolic OH excluding ortho intramolecular Hbond substituents is 2. The van der Waals surface area contributed by atoms with Crippen LogP contribution in [0.4, 0.5) is 0 Å². The number of fused-ring (bicyclic) bond motifs is 10. The molecule has 2 aromatic carbocycles. The average molecular weight is 1140 g/mol. The molecule has 0 unspecified atom stereocenters. The first-order valence-corrected chi connectivity index (χ1v) is 29.6. The molecule has 2 aliphatic heterocycles. The van der Waals surface area contributed by atoms with E-state index in [2.05, 4.69) is 92.9 Å². The molecule has 0 amide bonds. The highest BCUT2D eigenvalue weighted by atomic mass is 32.1. The molecule has 8 bridgehead atoms. The Morgan fingerprint density at radius 3 is 1.24 bits per heavy atom. The molecular formula is C62H32N10O2S6. The van der Waals surface area contributed by atoms with Gasteiger partial charge in [0.05, 0.1) is 68.4 Å². The van der Waals surface area contributed by atoms with Gasteiger partial charge in [0.2, 0.25) is 0 Å². The number of aromatic nitrogens is 10. The third-order valence-corrected chi connectivity index (χ3v) is 19.0. The minimum Gasteiger partial charge on any atom is -0.508 e. The number of H-pyrrole nitrogens is 2. The van der Waals surface area contributed by atoms with Gasteiger partial charge >= 0.3 is 0 Å². The third kappa shape index (κ3) is 8.60. The van der Waals surface area contributed by atoms with Crippen molar-refractivity contribution in [2.75, 3.05) is 0 Å². The summed E-state index contributed by atoms with van der Waals surface area (Å²) in [6, 6.07) is 39.0. The van der Waals surface area contributed by atoms with E-state index in [0.717, 1.165) is 88.7 Å². The average Bonchev–Trinajstić information content (AvgIpc) is 4.33. The molecule has 13 heterocycles. The maximum absolute atomic E-state index is 10.5. The van der Waals surface area contributed by atoms with Gasteiger partial charge in [-0.15, -0.1) is 45.3 Å². The van der Waals surface area contributed by atoms with Crippen molar-refractivity contribution >= 4 is 137 Å². The lowest BCUT2D eigenvalue weighted by Gasteiger charge is -2.05. The Morgan fingerprint density at radius 1 is 0.388 bits per heavy atom. The highest BCUT2D eigenvalue weighted by molar-refractivity contribution is 7.24. The van der Waals surface area contributed by atoms with Crippen molar-refractivity contribution < 1.29 is 10.2 Å². The number of pyridine rings is 2. The number of rotatable bonds is 6. The molecule has 4 N–H and O–H groups in total. The Kier molecular flexibility index (Phi) is 11.8. The standard InChI is InChI=1S/C62H32N10O2S6/c73-35-9-5-33(6-10-35)57-45-21-17-41(65-45)37(13-15-49-61-59(69-79-71-61)39(31-63-49)51-25-27-55(77-51)53-3-1-29-75-53)42-18-22-46(66-42)58(34-7-11-36(74)12-8-34)48-24-20-44(68-48)38(43-19-23-47(57)67-43)14-16-50-62-60(70-80-72-62)40(32-64-50)52-26-28-56(78-52)54-4-2-30-76-54/h1-12,17-32,65,68,73-74H. The van der Waals surface area contributed by atoms with Crippen LogP contribution in [0, 0.1) is 23.7 Å². The van der Waals surface area contributed by atoms with Crippen molar-refractivity contribution in [1.82, 2.24) is 47.4 Å². The molecule has 0 saturated carbocycles. The van der Waals surface area contributed by atoms with Crippen molar-refractivity contribution in [2.45, 2.75) is 0 Å². The summed E-state index contributed by atoms with van der Waals surface area (Å²) in [5, 5.41) is 25.1. The maximum Gasteiger partial charge on any atom is 0.142 e. The normalized spacial score (nSPS) is 11.8. The Hall–Kier alpha value is -9.50. The van der Waals surface area contributed by atoms with Gasteiger partial charge in [-0.3, -0.25) is 0 Å². The number of hydrogen-bond donors (Lipinski definition) is 4. The second kappa shape index (κ2) is 19.7. The Morgan fingerprint density at radius 2 is 0.800 bits per heavy atom. The summed E-state index contributed by atoms with van der Waals surface area (Å²) in [6.07, 6.45) is 11.6. The van der Waals surface area contributed by atoms with E-state index in [1.165, 1.54) is 19.5 Å². The molecule has 18 heteroatoms. The van der Waals surface area contributed by atoms with Crippen LogP contribution in [0.15, 0.2) is 144 Å². The molecular weight excluding hydrogens is 1110 g/mol. The zero-order valence-electron chi connectivity index (χ0n) is 41.1. The summed E-state index contributed by atoms with van der Waals surface area (Å²) in [5.41, 5.74) is 15.4. The number of nitrogens with zero attached hydrogens (tertiary/aromatic N) is 8. The molecule has 0 saturated heterocycles. The van der Waals surface area contributed by atoms with Crippen molar-refractivity contribution in [3.8, 4) is 97.8 Å². The summed E-state index contributed by atoms with van der Waals surface area (Å²) in [4.78, 5) is 34.8. The van der Waals surface area contributed by atoms with E-state index < -0.39 is 0 Å². The maximum atomic E-state index is 10.5. The van der Waals surface area contributed by atoms with Crippen molar-refractivity contribution in [3.05, 3.63) is 190 Å². The van der Waals surface area contributed by atoms with Gasteiger partial charge in [0.1, 0.15) is 45.0 Å². The largest absolute Gasteiger partial charge is 0.508 e. The van der Waals surface area contributed by atoms with E-state index >= 15 is 0 Å². The van der Waals surface area contributed by atoms with Gasteiger partial charge < -0.3 is 20.2 Å². The zero-order chi connectivity index (χ0) is 53.3. The number of aromatic hydroxyl groups is 2. The van der Waals surface area contributed by atoms with Gasteiger partial charge in [-0.1, -0.05) is 48.2 Å². The van der Waals surface area contributed by atoms with Crippen LogP contribution in [-0.4, -0.2) is 57.6 Å². The summed E-state index contributed by atoms with van der Waals surface area (Å²) >= 11 is 9.08. The molecule has 0 aliphatic carbocycles. The Balaban J connectivity index is 0.932. The van der Waals surface area contributed by atoms with Crippen LogP contribution >= 0.6 is 68.8 Å². The van der Waals surface area contributed by atoms with Crippen molar-refractivity contribution in [1.29, 1.82) is 0 Å². The molecule has 13 aromatic rings. The van der Waals surface area contributed by atoms with Gasteiger partial charge in [0, 0.05) is 74.9 Å². The lowest BCUT2D eigenvalue weighted by molar-refractivity contribution is 0.475. The van der Waals surface area contributed by atoms with E-state index in [4.69, 9.17) is 37.4 Å². The summed E-state index contributed by atoms with van der Waals surface area (Å²) < 4.78 is 18.9. The molecule has 80 heavy (non-hydrogen) atoms. The second-order valence-electron chi connectivity index (χ2n) is 18.3. The lowest BCUT2D eigenvalue weighted by atomic mass is 10.0. The first kappa shape index (κ1) is 47.7. The molecule has 2 aliphatic rings. The predicted octanol–water partition coefficient (Wildman–Crippen LogP) is 15.9. The van der Waals surface area contributed by atoms with E-state index in [9.17, 15) is 10.2 Å². The van der Waals surface area contributed by atoms with Gasteiger partial charge in [0.25, 0.3) is 0 Å². The number of thiophene rings is 4. The van der Waals surface area contributed by atoms with Crippen LogP contribution in [0.25, 0.3) is 131 Å². The fourth-order valence-corrected chi connectivity index (χ4v) is 14.6. The van der Waals surface area contributed by atoms with Crippen LogP contribution in [0.5, 0.6) is 11.5 Å². The SMILES string of the molecule is Oc1ccc(-c2c3nc(c(C#Cc4ncc(-c5ccc(-c6cccs6)s5)c5nsnc45)c4ccc([nH]4)c(-c4ccc(O)cc4)c4nc(c(C#Cc5ncc(-c6ccc(-c7cccs7)s6)c6nsnc56)c5ccc2[nH]5)C=C4)C=C3)cc1. The minimum absolute atomic E-state index is 0.140. The summed E-state index contributed by atoms with van der Waals surface area (Å²) in [7, 11) is 0. The molecule has 15 rings (SSSR count).